The highest BCUT2D eigenvalue weighted by Crippen LogP contribution is 2.30. The molecule has 0 radical (unpaired) electrons. The molecule has 1 aromatic carbocycles. The lowest BCUT2D eigenvalue weighted by Gasteiger charge is -2.18. The quantitative estimate of drug-likeness (QED) is 0.885. The van der Waals surface area contributed by atoms with Crippen molar-refractivity contribution in [3.05, 3.63) is 46.4 Å². The van der Waals surface area contributed by atoms with Crippen molar-refractivity contribution in [3.8, 4) is 11.1 Å². The summed E-state index contributed by atoms with van der Waals surface area (Å²) in [6.07, 6.45) is 2.90. The standard InChI is InChI=1S/C16H15N5O4/c1-10(22)16(8-18-20-19-16)13-5-3-12(4-6-13)14-7-21(25-15(14)24)9-17-11(2)23/h3-8H,9H2,1-2H3,(H,17,23). The van der Waals surface area contributed by atoms with Crippen LogP contribution in [0, 0.1) is 0 Å². The van der Waals surface area contributed by atoms with Gasteiger partial charge in [0, 0.05) is 6.92 Å². The normalized spacial score (nSPS) is 18.5. The Bertz CT molecular complexity index is 924. The van der Waals surface area contributed by atoms with Crippen LogP contribution in [0.5, 0.6) is 0 Å². The SMILES string of the molecule is CC(=O)NCn1cc(-c2ccc(C3(C(C)=O)C=NN=N3)cc2)c(=O)o1. The van der Waals surface area contributed by atoms with Gasteiger partial charge in [-0.05, 0) is 23.3 Å². The third-order valence-corrected chi connectivity index (χ3v) is 3.85. The lowest BCUT2D eigenvalue weighted by molar-refractivity contribution is -0.120. The van der Waals surface area contributed by atoms with Gasteiger partial charge in [-0.25, -0.2) is 4.79 Å². The first-order valence-corrected chi connectivity index (χ1v) is 7.46. The summed E-state index contributed by atoms with van der Waals surface area (Å²) in [4.78, 5) is 34.9. The van der Waals surface area contributed by atoms with Gasteiger partial charge in [-0.1, -0.05) is 24.3 Å². The molecule has 1 aliphatic rings. The third kappa shape index (κ3) is 3.03. The number of ketones is 1. The second-order valence-corrected chi connectivity index (χ2v) is 5.56. The zero-order valence-corrected chi connectivity index (χ0v) is 13.6. The van der Waals surface area contributed by atoms with Crippen LogP contribution >= 0.6 is 0 Å². The second kappa shape index (κ2) is 6.27. The molecule has 1 aromatic heterocycles. The fraction of sp³-hybridized carbons (Fsp3) is 0.250. The van der Waals surface area contributed by atoms with E-state index in [0.29, 0.717) is 16.7 Å². The minimum absolute atomic E-state index is 0.0625. The van der Waals surface area contributed by atoms with Crippen molar-refractivity contribution >= 4 is 17.9 Å². The maximum atomic E-state index is 12.0. The molecule has 25 heavy (non-hydrogen) atoms. The topological polar surface area (TPSA) is 118 Å². The third-order valence-electron chi connectivity index (χ3n) is 3.85. The van der Waals surface area contributed by atoms with Gasteiger partial charge in [0.25, 0.3) is 0 Å². The second-order valence-electron chi connectivity index (χ2n) is 5.56. The van der Waals surface area contributed by atoms with E-state index in [4.69, 9.17) is 4.52 Å². The summed E-state index contributed by atoms with van der Waals surface area (Å²) in [5.74, 6) is -0.435. The summed E-state index contributed by atoms with van der Waals surface area (Å²) in [6, 6.07) is 6.77. The fourth-order valence-electron chi connectivity index (χ4n) is 2.47. The molecule has 1 N–H and O–H groups in total. The van der Waals surface area contributed by atoms with Gasteiger partial charge >= 0.3 is 5.63 Å². The molecular formula is C16H15N5O4. The molecule has 1 amide bonds. The lowest BCUT2D eigenvalue weighted by atomic mass is 9.87. The first-order chi connectivity index (χ1) is 11.9. The molecule has 9 nitrogen and oxygen atoms in total. The Labute approximate surface area is 142 Å². The molecule has 1 atom stereocenters. The molecule has 1 unspecified atom stereocenters. The maximum Gasteiger partial charge on any atom is 0.365 e. The van der Waals surface area contributed by atoms with Gasteiger partial charge in [0.2, 0.25) is 11.4 Å². The lowest BCUT2D eigenvalue weighted by Crippen LogP contribution is -2.31. The van der Waals surface area contributed by atoms with Gasteiger partial charge in [-0.15, -0.1) is 10.2 Å². The van der Waals surface area contributed by atoms with E-state index >= 15 is 0 Å². The fourth-order valence-corrected chi connectivity index (χ4v) is 2.47. The van der Waals surface area contributed by atoms with Crippen molar-refractivity contribution < 1.29 is 14.1 Å². The number of aromatic nitrogens is 1. The van der Waals surface area contributed by atoms with Crippen molar-refractivity contribution in [2.45, 2.75) is 26.1 Å². The molecule has 2 heterocycles. The van der Waals surface area contributed by atoms with Crippen LogP contribution in [0.1, 0.15) is 19.4 Å². The Kier molecular flexibility index (Phi) is 4.14. The average molecular weight is 341 g/mol. The summed E-state index contributed by atoms with van der Waals surface area (Å²) in [5, 5.41) is 13.7. The van der Waals surface area contributed by atoms with Crippen LogP contribution in [0.15, 0.2) is 55.2 Å². The van der Waals surface area contributed by atoms with Crippen LogP contribution in [-0.4, -0.2) is 22.6 Å². The number of carbonyl (C=O) groups excluding carboxylic acids is 2. The van der Waals surface area contributed by atoms with E-state index in [-0.39, 0.29) is 18.4 Å². The molecular weight excluding hydrogens is 326 g/mol. The summed E-state index contributed by atoms with van der Waals surface area (Å²) in [6.45, 7) is 2.85. The Hall–Kier alpha value is -3.36. The number of nitrogens with zero attached hydrogens (tertiary/aromatic N) is 4. The van der Waals surface area contributed by atoms with E-state index in [9.17, 15) is 14.4 Å². The molecule has 0 bridgehead atoms. The smallest absolute Gasteiger partial charge is 0.336 e. The Morgan fingerprint density at radius 1 is 1.24 bits per heavy atom. The van der Waals surface area contributed by atoms with Crippen molar-refractivity contribution in [2.75, 3.05) is 0 Å². The Morgan fingerprint density at radius 3 is 2.52 bits per heavy atom. The highest BCUT2D eigenvalue weighted by Gasteiger charge is 2.38. The van der Waals surface area contributed by atoms with Gasteiger partial charge in [-0.3, -0.25) is 9.59 Å². The number of benzene rings is 1. The van der Waals surface area contributed by atoms with Crippen molar-refractivity contribution in [2.24, 2.45) is 15.4 Å². The largest absolute Gasteiger partial charge is 0.365 e. The predicted molar refractivity (Wildman–Crippen MR) is 87.9 cm³/mol. The van der Waals surface area contributed by atoms with Crippen LogP contribution in [0.4, 0.5) is 0 Å². The first-order valence-electron chi connectivity index (χ1n) is 7.46. The van der Waals surface area contributed by atoms with Gasteiger partial charge in [0.15, 0.2) is 5.78 Å². The van der Waals surface area contributed by atoms with Crippen LogP contribution in [0.2, 0.25) is 0 Å². The number of amides is 1. The summed E-state index contributed by atoms with van der Waals surface area (Å²) < 4.78 is 6.28. The first kappa shape index (κ1) is 16.5. The van der Waals surface area contributed by atoms with Crippen molar-refractivity contribution in [1.29, 1.82) is 0 Å². The van der Waals surface area contributed by atoms with Crippen LogP contribution < -0.4 is 10.9 Å². The summed E-state index contributed by atoms with van der Waals surface area (Å²) >= 11 is 0. The van der Waals surface area contributed by atoms with Crippen LogP contribution in [0.3, 0.4) is 0 Å². The molecule has 2 aromatic rings. The van der Waals surface area contributed by atoms with Gasteiger partial charge in [0.1, 0.15) is 6.67 Å². The summed E-state index contributed by atoms with van der Waals surface area (Å²) in [7, 11) is 0. The van der Waals surface area contributed by atoms with Gasteiger partial charge in [-0.2, -0.15) is 4.74 Å². The molecule has 0 aliphatic carbocycles. The number of nitrogens with one attached hydrogen (secondary N) is 1. The van der Waals surface area contributed by atoms with E-state index in [1.54, 1.807) is 24.3 Å². The number of Topliss-reactive ketones (excluding diaryl/α,β-unsaturated/α-hetero) is 1. The molecule has 9 heteroatoms. The molecule has 0 spiro atoms. The number of hydrogen-bond donors (Lipinski definition) is 1. The number of carbonyl (C=O) groups is 2. The summed E-state index contributed by atoms with van der Waals surface area (Å²) in [5.41, 5.74) is -0.168. The molecule has 0 saturated heterocycles. The molecule has 3 rings (SSSR count). The highest BCUT2D eigenvalue weighted by atomic mass is 16.5. The van der Waals surface area contributed by atoms with E-state index in [0.717, 1.165) is 0 Å². The zero-order valence-electron chi connectivity index (χ0n) is 13.6. The minimum atomic E-state index is -1.21. The monoisotopic (exact) mass is 341 g/mol. The van der Waals surface area contributed by atoms with Crippen molar-refractivity contribution in [3.63, 3.8) is 0 Å². The molecule has 1 aliphatic heterocycles. The van der Waals surface area contributed by atoms with Crippen LogP contribution in [-0.2, 0) is 21.8 Å². The van der Waals surface area contributed by atoms with E-state index in [2.05, 4.69) is 20.8 Å². The Balaban J connectivity index is 1.90. The number of hydrogen-bond acceptors (Lipinski definition) is 7. The molecule has 0 fully saturated rings. The van der Waals surface area contributed by atoms with Gasteiger partial charge < -0.3 is 9.84 Å². The predicted octanol–water partition coefficient (Wildman–Crippen LogP) is 1.44. The van der Waals surface area contributed by atoms with Gasteiger partial charge in [0.05, 0.1) is 18.0 Å². The van der Waals surface area contributed by atoms with E-state index < -0.39 is 11.2 Å². The van der Waals surface area contributed by atoms with E-state index in [1.165, 1.54) is 31.0 Å². The highest BCUT2D eigenvalue weighted by molar-refractivity contribution is 6.04. The van der Waals surface area contributed by atoms with E-state index in [1.807, 2.05) is 0 Å². The molecule has 128 valence electrons. The number of rotatable bonds is 5. The minimum Gasteiger partial charge on any atom is -0.336 e. The maximum absolute atomic E-state index is 12.0. The van der Waals surface area contributed by atoms with Crippen LogP contribution in [0.25, 0.3) is 11.1 Å². The Morgan fingerprint density at radius 2 is 1.96 bits per heavy atom. The molecule has 0 saturated carbocycles. The van der Waals surface area contributed by atoms with Crippen molar-refractivity contribution in [1.82, 2.24) is 10.1 Å². The zero-order chi connectivity index (χ0) is 18.0. The average Bonchev–Trinajstić information content (AvgIpc) is 3.21.